The number of Topliss-reactive ketones (excluding diaryl/α,β-unsaturated/α-hetero) is 1. The molecular weight excluding hydrogens is 395 g/mol. The Morgan fingerprint density at radius 2 is 1.73 bits per heavy atom. The molecule has 0 unspecified atom stereocenters. The third-order valence-corrected chi connectivity index (χ3v) is 5.27. The lowest BCUT2D eigenvalue weighted by Gasteiger charge is -2.41. The highest BCUT2D eigenvalue weighted by atomic mass is 19.4. The zero-order chi connectivity index (χ0) is 21.7. The Morgan fingerprint density at radius 1 is 1.07 bits per heavy atom. The molecule has 2 aromatic rings. The number of nitrogens with zero attached hydrogens (tertiary/aromatic N) is 1. The Balaban J connectivity index is 1.85. The van der Waals surface area contributed by atoms with E-state index in [0.29, 0.717) is 12.0 Å². The summed E-state index contributed by atoms with van der Waals surface area (Å²) in [6.45, 7) is 2.04. The summed E-state index contributed by atoms with van der Waals surface area (Å²) in [4.78, 5) is 26.9. The molecule has 2 aromatic carbocycles. The fraction of sp³-hybridized carbons (Fsp3) is 0.391. The first-order chi connectivity index (χ1) is 14.3. The summed E-state index contributed by atoms with van der Waals surface area (Å²) in [5.41, 5.74) is 0.558. The highest BCUT2D eigenvalue weighted by Crippen LogP contribution is 2.37. The van der Waals surface area contributed by atoms with E-state index < -0.39 is 23.9 Å². The van der Waals surface area contributed by atoms with Crippen LogP contribution in [0.1, 0.15) is 55.3 Å². The van der Waals surface area contributed by atoms with Crippen LogP contribution in [0.2, 0.25) is 0 Å². The molecule has 1 heterocycles. The quantitative estimate of drug-likeness (QED) is 0.605. The van der Waals surface area contributed by atoms with Crippen molar-refractivity contribution >= 4 is 11.9 Å². The maximum atomic E-state index is 13.0. The predicted octanol–water partition coefficient (Wildman–Crippen LogP) is 5.92. The average molecular weight is 419 g/mol. The van der Waals surface area contributed by atoms with Gasteiger partial charge in [0, 0.05) is 18.9 Å². The van der Waals surface area contributed by atoms with Gasteiger partial charge in [-0.1, -0.05) is 55.8 Å². The minimum Gasteiger partial charge on any atom is -0.445 e. The number of alkyl halides is 3. The van der Waals surface area contributed by atoms with E-state index in [1.54, 1.807) is 0 Å². The molecule has 0 aromatic heterocycles. The summed E-state index contributed by atoms with van der Waals surface area (Å²) in [5, 5.41) is 0. The minimum atomic E-state index is -4.44. The van der Waals surface area contributed by atoms with Crippen LogP contribution in [0.5, 0.6) is 0 Å². The van der Waals surface area contributed by atoms with Crippen molar-refractivity contribution in [2.45, 2.75) is 57.5 Å². The number of likely N-dealkylation sites (tertiary alicyclic amines) is 1. The lowest BCUT2D eigenvalue weighted by Crippen LogP contribution is -2.48. The third kappa shape index (κ3) is 5.20. The lowest BCUT2D eigenvalue weighted by molar-refractivity contribution is -0.137. The minimum absolute atomic E-state index is 0.00884. The lowest BCUT2D eigenvalue weighted by atomic mass is 9.88. The molecule has 30 heavy (non-hydrogen) atoms. The molecule has 1 aliphatic heterocycles. The van der Waals surface area contributed by atoms with Crippen molar-refractivity contribution in [3.63, 3.8) is 0 Å². The number of ketones is 1. The zero-order valence-electron chi connectivity index (χ0n) is 16.7. The van der Waals surface area contributed by atoms with Crippen LogP contribution in [-0.4, -0.2) is 22.8 Å². The second kappa shape index (κ2) is 9.32. The van der Waals surface area contributed by atoms with E-state index >= 15 is 0 Å². The van der Waals surface area contributed by atoms with Crippen molar-refractivity contribution in [3.8, 4) is 0 Å². The van der Waals surface area contributed by atoms with E-state index in [1.807, 2.05) is 37.3 Å². The van der Waals surface area contributed by atoms with Crippen molar-refractivity contribution < 1.29 is 27.5 Å². The maximum absolute atomic E-state index is 13.0. The summed E-state index contributed by atoms with van der Waals surface area (Å²) >= 11 is 0. The van der Waals surface area contributed by atoms with Crippen LogP contribution in [0.3, 0.4) is 0 Å². The Bertz CT molecular complexity index is 866. The van der Waals surface area contributed by atoms with E-state index in [1.165, 1.54) is 17.0 Å². The molecule has 0 bridgehead atoms. The van der Waals surface area contributed by atoms with Gasteiger partial charge in [0.05, 0.1) is 11.6 Å². The highest BCUT2D eigenvalue weighted by molar-refractivity contribution is 5.83. The molecule has 3 rings (SSSR count). The van der Waals surface area contributed by atoms with Crippen molar-refractivity contribution in [2.24, 2.45) is 0 Å². The molecule has 1 aliphatic rings. The first kappa shape index (κ1) is 21.9. The number of hydrogen-bond donors (Lipinski definition) is 0. The second-order valence-electron chi connectivity index (χ2n) is 7.47. The van der Waals surface area contributed by atoms with Crippen molar-refractivity contribution in [1.29, 1.82) is 0 Å². The van der Waals surface area contributed by atoms with Crippen LogP contribution in [0.4, 0.5) is 18.0 Å². The van der Waals surface area contributed by atoms with Gasteiger partial charge in [-0.25, -0.2) is 4.79 Å². The number of halogens is 3. The van der Waals surface area contributed by atoms with Crippen molar-refractivity contribution in [3.05, 3.63) is 71.3 Å². The summed E-state index contributed by atoms with van der Waals surface area (Å²) in [6.07, 6.45) is -3.34. The van der Waals surface area contributed by atoms with Gasteiger partial charge in [0.1, 0.15) is 12.4 Å². The molecule has 0 aliphatic carbocycles. The van der Waals surface area contributed by atoms with Crippen LogP contribution >= 0.6 is 0 Å². The highest BCUT2D eigenvalue weighted by Gasteiger charge is 2.39. The van der Waals surface area contributed by atoms with Crippen molar-refractivity contribution in [2.75, 3.05) is 0 Å². The van der Waals surface area contributed by atoms with Gasteiger partial charge in [-0.3, -0.25) is 9.69 Å². The van der Waals surface area contributed by atoms with Crippen LogP contribution in [0, 0.1) is 0 Å². The number of ether oxygens (including phenoxy) is 1. The molecule has 1 fully saturated rings. The van der Waals surface area contributed by atoms with Crippen molar-refractivity contribution in [1.82, 2.24) is 4.90 Å². The predicted molar refractivity (Wildman–Crippen MR) is 106 cm³/mol. The summed E-state index contributed by atoms with van der Waals surface area (Å²) in [7, 11) is 0. The molecule has 4 nitrogen and oxygen atoms in total. The normalized spacial score (nSPS) is 19.6. The van der Waals surface area contributed by atoms with Gasteiger partial charge in [-0.05, 0) is 29.7 Å². The zero-order valence-corrected chi connectivity index (χ0v) is 16.7. The average Bonchev–Trinajstić information content (AvgIpc) is 2.72. The first-order valence-electron chi connectivity index (χ1n) is 9.97. The van der Waals surface area contributed by atoms with E-state index in [2.05, 4.69) is 0 Å². The van der Waals surface area contributed by atoms with E-state index in [-0.39, 0.29) is 31.3 Å². The van der Waals surface area contributed by atoms with Gasteiger partial charge in [0.15, 0.2) is 0 Å². The van der Waals surface area contributed by atoms with Crippen LogP contribution in [0.15, 0.2) is 54.6 Å². The maximum Gasteiger partial charge on any atom is 0.416 e. The van der Waals surface area contributed by atoms with Gasteiger partial charge < -0.3 is 4.74 Å². The van der Waals surface area contributed by atoms with E-state index in [9.17, 15) is 22.8 Å². The third-order valence-electron chi connectivity index (χ3n) is 5.27. The molecule has 1 amide bonds. The number of carbonyl (C=O) groups excluding carboxylic acids is 2. The molecule has 160 valence electrons. The number of hydrogen-bond acceptors (Lipinski definition) is 3. The largest absolute Gasteiger partial charge is 0.445 e. The van der Waals surface area contributed by atoms with Gasteiger partial charge in [-0.15, -0.1) is 0 Å². The topological polar surface area (TPSA) is 46.6 Å². The molecule has 2 atom stereocenters. The Labute approximate surface area is 173 Å². The van der Waals surface area contributed by atoms with Gasteiger partial charge in [0.2, 0.25) is 0 Å². The van der Waals surface area contributed by atoms with Gasteiger partial charge in [0.25, 0.3) is 0 Å². The number of amides is 1. The van der Waals surface area contributed by atoms with Gasteiger partial charge in [-0.2, -0.15) is 13.2 Å². The fourth-order valence-electron chi connectivity index (χ4n) is 3.83. The van der Waals surface area contributed by atoms with Crippen LogP contribution in [-0.2, 0) is 22.3 Å². The number of benzene rings is 2. The monoisotopic (exact) mass is 419 g/mol. The molecular formula is C23H24F3NO3. The molecule has 0 spiro atoms. The molecule has 0 radical (unpaired) electrons. The number of rotatable bonds is 5. The smallest absolute Gasteiger partial charge is 0.416 e. The van der Waals surface area contributed by atoms with Crippen LogP contribution in [0.25, 0.3) is 0 Å². The van der Waals surface area contributed by atoms with E-state index in [0.717, 1.165) is 24.1 Å². The molecule has 1 saturated heterocycles. The Hall–Kier alpha value is -2.83. The molecule has 0 saturated carbocycles. The number of piperidine rings is 1. The standard InChI is InChI=1S/C23H24F3NO3/c1-2-6-19-13-20(28)14-21(17-9-11-18(12-10-17)23(24,25)26)27(19)22(29)30-15-16-7-4-3-5-8-16/h3-5,7-12,19,21H,2,6,13-15H2,1H3/t19-,21-/m0/s1. The first-order valence-corrected chi connectivity index (χ1v) is 9.97. The Kier molecular flexibility index (Phi) is 6.80. The summed E-state index contributed by atoms with van der Waals surface area (Å²) in [5.74, 6) is -0.00884. The Morgan fingerprint density at radius 3 is 2.33 bits per heavy atom. The van der Waals surface area contributed by atoms with Gasteiger partial charge >= 0.3 is 12.3 Å². The second-order valence-corrected chi connectivity index (χ2v) is 7.47. The SMILES string of the molecule is CCC[C@H]1CC(=O)C[C@@H](c2ccc(C(F)(F)F)cc2)N1C(=O)OCc1ccccc1. The number of carbonyl (C=O) groups is 2. The molecule has 7 heteroatoms. The summed E-state index contributed by atoms with van der Waals surface area (Å²) in [6, 6.07) is 12.9. The fourth-order valence-corrected chi connectivity index (χ4v) is 3.83. The van der Waals surface area contributed by atoms with E-state index in [4.69, 9.17) is 4.74 Å². The summed E-state index contributed by atoms with van der Waals surface area (Å²) < 4.78 is 44.2. The molecule has 0 N–H and O–H groups in total. The van der Waals surface area contributed by atoms with Crippen LogP contribution < -0.4 is 0 Å².